The van der Waals surface area contributed by atoms with Crippen LogP contribution in [0.15, 0.2) is 41.4 Å². The topological polar surface area (TPSA) is 137 Å². The Hall–Kier alpha value is -4.15. The van der Waals surface area contributed by atoms with E-state index in [1.807, 2.05) is 38.4 Å². The van der Waals surface area contributed by atoms with Crippen molar-refractivity contribution in [3.05, 3.63) is 59.8 Å². The van der Waals surface area contributed by atoms with Gasteiger partial charge in [-0.3, -0.25) is 9.48 Å². The van der Waals surface area contributed by atoms with Crippen molar-refractivity contribution in [1.82, 2.24) is 40.2 Å². The predicted octanol–water partition coefficient (Wildman–Crippen LogP) is 2.69. The molecule has 2 N–H and O–H groups in total. The van der Waals surface area contributed by atoms with Crippen LogP contribution >= 0.6 is 0 Å². The molecular formula is C22H23N9O2. The van der Waals surface area contributed by atoms with Crippen molar-refractivity contribution in [2.45, 2.75) is 38.6 Å². The molecule has 1 amide bonds. The SMILES string of the molecule is Cc1cc(-c2ncnc(Nc3cnn(C)c3)n2)ccc1CNC(=O)c1noc(C2(C)CC2)n1. The largest absolute Gasteiger partial charge is 0.345 e. The maximum absolute atomic E-state index is 12.4. The number of rotatable bonds is 7. The highest BCUT2D eigenvalue weighted by atomic mass is 16.5. The van der Waals surface area contributed by atoms with E-state index in [-0.39, 0.29) is 17.1 Å². The van der Waals surface area contributed by atoms with Gasteiger partial charge in [0, 0.05) is 30.8 Å². The van der Waals surface area contributed by atoms with E-state index in [0.717, 1.165) is 35.2 Å². The van der Waals surface area contributed by atoms with Crippen molar-refractivity contribution in [2.75, 3.05) is 5.32 Å². The summed E-state index contributed by atoms with van der Waals surface area (Å²) < 4.78 is 6.94. The quantitative estimate of drug-likeness (QED) is 0.440. The highest BCUT2D eigenvalue weighted by Crippen LogP contribution is 2.46. The Kier molecular flexibility index (Phi) is 5.08. The first-order valence-electron chi connectivity index (χ1n) is 10.6. The minimum atomic E-state index is -0.360. The molecule has 0 aliphatic heterocycles. The number of nitrogens with zero attached hydrogens (tertiary/aromatic N) is 7. The van der Waals surface area contributed by atoms with E-state index in [2.05, 4.69) is 47.7 Å². The van der Waals surface area contributed by atoms with Gasteiger partial charge in [-0.2, -0.15) is 15.1 Å². The molecule has 0 saturated heterocycles. The molecule has 5 rings (SSSR count). The molecule has 0 atom stereocenters. The number of hydrogen-bond donors (Lipinski definition) is 2. The molecule has 1 fully saturated rings. The van der Waals surface area contributed by atoms with Crippen molar-refractivity contribution in [3.63, 3.8) is 0 Å². The first kappa shape index (κ1) is 20.7. The maximum Gasteiger partial charge on any atom is 0.292 e. The van der Waals surface area contributed by atoms with Gasteiger partial charge in [-0.15, -0.1) is 0 Å². The summed E-state index contributed by atoms with van der Waals surface area (Å²) in [6.07, 6.45) is 7.00. The second kappa shape index (κ2) is 8.08. The maximum atomic E-state index is 12.4. The summed E-state index contributed by atoms with van der Waals surface area (Å²) >= 11 is 0. The highest BCUT2D eigenvalue weighted by molar-refractivity contribution is 5.90. The van der Waals surface area contributed by atoms with E-state index < -0.39 is 0 Å². The second-order valence-corrected chi connectivity index (χ2v) is 8.47. The van der Waals surface area contributed by atoms with Crippen LogP contribution in [-0.2, 0) is 19.0 Å². The number of carbonyl (C=O) groups is 1. The van der Waals surface area contributed by atoms with Gasteiger partial charge in [0.2, 0.25) is 11.8 Å². The molecule has 11 nitrogen and oxygen atoms in total. The van der Waals surface area contributed by atoms with Crippen molar-refractivity contribution in [3.8, 4) is 11.4 Å². The molecule has 33 heavy (non-hydrogen) atoms. The number of aromatic nitrogens is 7. The molecule has 1 saturated carbocycles. The lowest BCUT2D eigenvalue weighted by molar-refractivity contribution is 0.0937. The van der Waals surface area contributed by atoms with Crippen LogP contribution in [0.25, 0.3) is 11.4 Å². The standard InChI is InChI=1S/C22H23N9O2/c1-13-8-14(17-24-12-25-21(29-17)27-16-10-26-31(3)11-16)4-5-15(13)9-23-19(32)18-28-20(33-30-18)22(2)6-7-22/h4-5,8,10-12H,6-7,9H2,1-3H3,(H,23,32)(H,24,25,27,29). The van der Waals surface area contributed by atoms with E-state index in [1.165, 1.54) is 6.33 Å². The van der Waals surface area contributed by atoms with Gasteiger partial charge in [-0.05, 0) is 37.0 Å². The smallest absolute Gasteiger partial charge is 0.292 e. The monoisotopic (exact) mass is 445 g/mol. The number of anilines is 2. The molecule has 1 aliphatic carbocycles. The van der Waals surface area contributed by atoms with Gasteiger partial charge >= 0.3 is 0 Å². The lowest BCUT2D eigenvalue weighted by Crippen LogP contribution is -2.24. The van der Waals surface area contributed by atoms with Crippen LogP contribution in [0.4, 0.5) is 11.6 Å². The van der Waals surface area contributed by atoms with E-state index >= 15 is 0 Å². The zero-order valence-electron chi connectivity index (χ0n) is 18.5. The number of amides is 1. The van der Waals surface area contributed by atoms with Gasteiger partial charge in [-0.25, -0.2) is 9.97 Å². The lowest BCUT2D eigenvalue weighted by atomic mass is 10.0. The fourth-order valence-electron chi connectivity index (χ4n) is 3.36. The minimum Gasteiger partial charge on any atom is -0.345 e. The van der Waals surface area contributed by atoms with Crippen LogP contribution in [0.2, 0.25) is 0 Å². The molecule has 1 aliphatic rings. The highest BCUT2D eigenvalue weighted by Gasteiger charge is 2.44. The first-order chi connectivity index (χ1) is 15.9. The number of aryl methyl sites for hydroxylation is 2. The summed E-state index contributed by atoms with van der Waals surface area (Å²) in [5, 5.41) is 13.9. The third-order valence-corrected chi connectivity index (χ3v) is 5.72. The van der Waals surface area contributed by atoms with Gasteiger partial charge < -0.3 is 15.2 Å². The predicted molar refractivity (Wildman–Crippen MR) is 119 cm³/mol. The summed E-state index contributed by atoms with van der Waals surface area (Å²) in [5.74, 6) is 1.21. The molecule has 11 heteroatoms. The average Bonchev–Trinajstić information content (AvgIpc) is 3.19. The van der Waals surface area contributed by atoms with Crippen LogP contribution in [0, 0.1) is 6.92 Å². The zero-order valence-corrected chi connectivity index (χ0v) is 18.5. The van der Waals surface area contributed by atoms with E-state index in [4.69, 9.17) is 4.52 Å². The number of benzene rings is 1. The minimum absolute atomic E-state index is 0.0613. The fourth-order valence-corrected chi connectivity index (χ4v) is 3.36. The van der Waals surface area contributed by atoms with Crippen LogP contribution in [0.1, 0.15) is 47.4 Å². The molecule has 0 spiro atoms. The fraction of sp³-hybridized carbons (Fsp3) is 0.318. The Morgan fingerprint density at radius 2 is 2.09 bits per heavy atom. The summed E-state index contributed by atoms with van der Waals surface area (Å²) in [4.78, 5) is 29.6. The molecule has 4 aromatic rings. The van der Waals surface area contributed by atoms with Gasteiger partial charge in [0.25, 0.3) is 11.7 Å². The van der Waals surface area contributed by atoms with Crippen molar-refractivity contribution < 1.29 is 9.32 Å². The zero-order chi connectivity index (χ0) is 23.0. The summed E-state index contributed by atoms with van der Waals surface area (Å²) in [5.41, 5.74) is 3.53. The van der Waals surface area contributed by atoms with Gasteiger partial charge in [-0.1, -0.05) is 24.2 Å². The molecule has 0 radical (unpaired) electrons. The molecule has 0 unspecified atom stereocenters. The van der Waals surface area contributed by atoms with Crippen LogP contribution < -0.4 is 10.6 Å². The molecular weight excluding hydrogens is 422 g/mol. The number of carbonyl (C=O) groups excluding carboxylic acids is 1. The normalized spacial score (nSPS) is 14.2. The Morgan fingerprint density at radius 3 is 2.82 bits per heavy atom. The Morgan fingerprint density at radius 1 is 1.24 bits per heavy atom. The second-order valence-electron chi connectivity index (χ2n) is 8.47. The van der Waals surface area contributed by atoms with Crippen molar-refractivity contribution in [1.29, 1.82) is 0 Å². The van der Waals surface area contributed by atoms with Crippen molar-refractivity contribution in [2.24, 2.45) is 7.05 Å². The summed E-state index contributed by atoms with van der Waals surface area (Å²) in [6.45, 7) is 4.37. The molecule has 1 aromatic carbocycles. The van der Waals surface area contributed by atoms with Gasteiger partial charge in [0.05, 0.1) is 11.9 Å². The van der Waals surface area contributed by atoms with Crippen LogP contribution in [0.3, 0.4) is 0 Å². The van der Waals surface area contributed by atoms with Gasteiger partial charge in [0.1, 0.15) is 6.33 Å². The third kappa shape index (κ3) is 4.43. The molecule has 3 heterocycles. The average molecular weight is 445 g/mol. The molecule has 0 bridgehead atoms. The Labute approximate surface area is 189 Å². The van der Waals surface area contributed by atoms with Crippen molar-refractivity contribution >= 4 is 17.5 Å². The third-order valence-electron chi connectivity index (χ3n) is 5.72. The van der Waals surface area contributed by atoms with E-state index in [0.29, 0.717) is 24.2 Å². The Bertz CT molecular complexity index is 1320. The number of hydrogen-bond acceptors (Lipinski definition) is 9. The lowest BCUT2D eigenvalue weighted by Gasteiger charge is -2.09. The summed E-state index contributed by atoms with van der Waals surface area (Å²) in [7, 11) is 1.84. The van der Waals surface area contributed by atoms with Crippen LogP contribution in [-0.4, -0.2) is 40.8 Å². The van der Waals surface area contributed by atoms with E-state index in [1.54, 1.807) is 10.9 Å². The van der Waals surface area contributed by atoms with Crippen LogP contribution in [0.5, 0.6) is 0 Å². The molecule has 168 valence electrons. The first-order valence-corrected chi connectivity index (χ1v) is 10.6. The summed E-state index contributed by atoms with van der Waals surface area (Å²) in [6, 6.07) is 5.83. The Balaban J connectivity index is 1.25. The van der Waals surface area contributed by atoms with E-state index in [9.17, 15) is 4.79 Å². The number of nitrogens with one attached hydrogen (secondary N) is 2. The molecule has 3 aromatic heterocycles. The van der Waals surface area contributed by atoms with Gasteiger partial charge in [0.15, 0.2) is 5.82 Å².